The molecule has 3 rings (SSSR count). The van der Waals surface area contributed by atoms with Crippen LogP contribution < -0.4 is 4.90 Å². The zero-order valence-electron chi connectivity index (χ0n) is 14.5. The number of halogens is 1. The Morgan fingerprint density at radius 3 is 2.62 bits per heavy atom. The zero-order valence-corrected chi connectivity index (χ0v) is 14.5. The topological polar surface area (TPSA) is 46.3 Å². The van der Waals surface area contributed by atoms with E-state index in [0.29, 0.717) is 5.56 Å². The molecule has 0 saturated heterocycles. The number of rotatable bonds is 4. The van der Waals surface area contributed by atoms with E-state index in [1.165, 1.54) is 23.5 Å². The summed E-state index contributed by atoms with van der Waals surface area (Å²) in [5.74, 6) is -0.280. The molecule has 0 spiro atoms. The Hall–Kier alpha value is -2.50. The number of benzene rings is 1. The van der Waals surface area contributed by atoms with Gasteiger partial charge in [0.25, 0.3) is 0 Å². The fourth-order valence-corrected chi connectivity index (χ4v) is 3.23. The van der Waals surface area contributed by atoms with Gasteiger partial charge in [-0.1, -0.05) is 13.0 Å². The maximum Gasteiger partial charge on any atom is 0.141 e. The van der Waals surface area contributed by atoms with Crippen LogP contribution in [0.5, 0.6) is 0 Å². The fourth-order valence-electron chi connectivity index (χ4n) is 3.23. The van der Waals surface area contributed by atoms with Crippen LogP contribution in [0.2, 0.25) is 0 Å². The Morgan fingerprint density at radius 1 is 1.25 bits per heavy atom. The highest BCUT2D eigenvalue weighted by molar-refractivity contribution is 5.88. The molecule has 0 amide bonds. The summed E-state index contributed by atoms with van der Waals surface area (Å²) in [5.41, 5.74) is 3.47. The maximum atomic E-state index is 14.6. The fraction of sp³-hybridized carbons (Fsp3) is 0.389. The molecular weight excluding hydrogens is 305 g/mol. The first-order chi connectivity index (χ1) is 11.4. The third-order valence-electron chi connectivity index (χ3n) is 4.28. The molecular formula is C18H22FN5. The van der Waals surface area contributed by atoms with E-state index >= 15 is 0 Å². The Morgan fingerprint density at radius 2 is 1.96 bits per heavy atom. The van der Waals surface area contributed by atoms with Gasteiger partial charge in [-0.2, -0.15) is 5.10 Å². The molecule has 0 fully saturated rings. The van der Waals surface area contributed by atoms with Crippen LogP contribution in [0.15, 0.2) is 36.0 Å². The van der Waals surface area contributed by atoms with Gasteiger partial charge < -0.3 is 4.90 Å². The van der Waals surface area contributed by atoms with Gasteiger partial charge in [0.15, 0.2) is 0 Å². The Balaban J connectivity index is 2.05. The average Bonchev–Trinajstić information content (AvgIpc) is 3.02. The minimum absolute atomic E-state index is 0.127. The predicted octanol–water partition coefficient (Wildman–Crippen LogP) is 3.71. The lowest BCUT2D eigenvalue weighted by molar-refractivity contribution is 0.546. The van der Waals surface area contributed by atoms with Crippen molar-refractivity contribution in [2.24, 2.45) is 5.10 Å². The number of anilines is 1. The van der Waals surface area contributed by atoms with E-state index in [1.807, 2.05) is 6.07 Å². The normalized spacial score (nSPS) is 16.4. The minimum Gasteiger partial charge on any atom is -0.362 e. The van der Waals surface area contributed by atoms with Crippen LogP contribution in [0.1, 0.15) is 45.2 Å². The quantitative estimate of drug-likeness (QED) is 0.804. The number of hydrogen-bond donors (Lipinski definition) is 0. The Labute approximate surface area is 141 Å². The summed E-state index contributed by atoms with van der Waals surface area (Å²) in [6.07, 6.45) is 7.67. The van der Waals surface area contributed by atoms with Gasteiger partial charge in [-0.15, -0.1) is 10.2 Å². The Kier molecular flexibility index (Phi) is 4.22. The van der Waals surface area contributed by atoms with Crippen LogP contribution in [-0.4, -0.2) is 33.2 Å². The minimum atomic E-state index is -0.280. The Bertz CT molecular complexity index is 790. The summed E-state index contributed by atoms with van der Waals surface area (Å²) in [6, 6.07) is 3.49. The van der Waals surface area contributed by atoms with E-state index in [1.54, 1.807) is 6.07 Å². The lowest BCUT2D eigenvalue weighted by Gasteiger charge is -2.43. The van der Waals surface area contributed by atoms with Crippen LogP contribution in [-0.2, 0) is 0 Å². The van der Waals surface area contributed by atoms with Gasteiger partial charge in [0, 0.05) is 23.4 Å². The second-order valence-electron chi connectivity index (χ2n) is 6.61. The first-order valence-electron chi connectivity index (χ1n) is 8.12. The third kappa shape index (κ3) is 2.96. The molecule has 1 aliphatic rings. The summed E-state index contributed by atoms with van der Waals surface area (Å²) in [4.78, 5) is 2.26. The van der Waals surface area contributed by atoms with E-state index in [0.717, 1.165) is 29.8 Å². The molecule has 126 valence electrons. The number of nitrogens with zero attached hydrogens (tertiary/aromatic N) is 5. The molecule has 1 aliphatic heterocycles. The first kappa shape index (κ1) is 16.4. The highest BCUT2D eigenvalue weighted by Gasteiger charge is 2.31. The van der Waals surface area contributed by atoms with Crippen LogP contribution in [0.3, 0.4) is 0 Å². The molecule has 2 aromatic rings. The van der Waals surface area contributed by atoms with Gasteiger partial charge in [-0.25, -0.2) is 9.07 Å². The van der Waals surface area contributed by atoms with Crippen molar-refractivity contribution >= 4 is 17.5 Å². The number of fused-ring (bicyclic) bond motifs is 1. The molecule has 0 N–H and O–H groups in total. The van der Waals surface area contributed by atoms with Crippen molar-refractivity contribution in [3.63, 3.8) is 0 Å². The van der Waals surface area contributed by atoms with Crippen LogP contribution >= 0.6 is 0 Å². The lowest BCUT2D eigenvalue weighted by atomic mass is 9.88. The van der Waals surface area contributed by atoms with Crippen LogP contribution in [0, 0.1) is 5.82 Å². The van der Waals surface area contributed by atoms with Gasteiger partial charge in [0.2, 0.25) is 0 Å². The van der Waals surface area contributed by atoms with E-state index in [-0.39, 0.29) is 11.4 Å². The molecule has 0 saturated carbocycles. The highest BCUT2D eigenvalue weighted by Crippen LogP contribution is 2.39. The highest BCUT2D eigenvalue weighted by atomic mass is 19.1. The molecule has 2 heterocycles. The van der Waals surface area contributed by atoms with Crippen molar-refractivity contribution < 1.29 is 4.39 Å². The van der Waals surface area contributed by atoms with Crippen LogP contribution in [0.25, 0.3) is 5.57 Å². The molecule has 24 heavy (non-hydrogen) atoms. The standard InChI is InChI=1S/C18H22FN5/c1-5-6-24-17-8-16(19)14(10-22-23-11-20-21-12-23)7-15(17)13(2)9-18(24,3)4/h7-12H,5-6H2,1-4H3/b22-10-. The second-order valence-corrected chi connectivity index (χ2v) is 6.61. The largest absolute Gasteiger partial charge is 0.362 e. The SMILES string of the molecule is CCCN1c2cc(F)c(/C=N\n3cnnc3)cc2C(C)=CC1(C)C. The molecule has 0 atom stereocenters. The average molecular weight is 327 g/mol. The van der Waals surface area contributed by atoms with Crippen LogP contribution in [0.4, 0.5) is 10.1 Å². The second kappa shape index (κ2) is 6.19. The number of allylic oxidation sites excluding steroid dienone is 1. The summed E-state index contributed by atoms with van der Waals surface area (Å²) in [6.45, 7) is 9.42. The van der Waals surface area contributed by atoms with Gasteiger partial charge >= 0.3 is 0 Å². The van der Waals surface area contributed by atoms with Crippen molar-refractivity contribution in [1.29, 1.82) is 0 Å². The number of hydrogen-bond acceptors (Lipinski definition) is 4. The molecule has 0 aliphatic carbocycles. The summed E-state index contributed by atoms with van der Waals surface area (Å²) < 4.78 is 16.1. The molecule has 1 aromatic heterocycles. The summed E-state index contributed by atoms with van der Waals surface area (Å²) in [7, 11) is 0. The third-order valence-corrected chi connectivity index (χ3v) is 4.28. The van der Waals surface area contributed by atoms with E-state index < -0.39 is 0 Å². The van der Waals surface area contributed by atoms with Crippen molar-refractivity contribution in [1.82, 2.24) is 14.9 Å². The molecule has 0 bridgehead atoms. The van der Waals surface area contributed by atoms with Crippen molar-refractivity contribution in [3.05, 3.63) is 47.8 Å². The molecule has 1 aromatic carbocycles. The number of aromatic nitrogens is 3. The molecule has 5 nitrogen and oxygen atoms in total. The summed E-state index contributed by atoms with van der Waals surface area (Å²) in [5, 5.41) is 11.5. The van der Waals surface area contributed by atoms with Crippen molar-refractivity contribution in [2.45, 2.75) is 39.7 Å². The van der Waals surface area contributed by atoms with E-state index in [4.69, 9.17) is 0 Å². The van der Waals surface area contributed by atoms with Gasteiger partial charge in [-0.3, -0.25) is 0 Å². The molecule has 0 unspecified atom stereocenters. The molecule has 6 heteroatoms. The summed E-state index contributed by atoms with van der Waals surface area (Å²) >= 11 is 0. The smallest absolute Gasteiger partial charge is 0.141 e. The monoisotopic (exact) mass is 327 g/mol. The van der Waals surface area contributed by atoms with E-state index in [9.17, 15) is 4.39 Å². The zero-order chi connectivity index (χ0) is 17.3. The van der Waals surface area contributed by atoms with E-state index in [2.05, 4.69) is 54.0 Å². The van der Waals surface area contributed by atoms with Gasteiger partial charge in [-0.05, 0) is 44.9 Å². The van der Waals surface area contributed by atoms with Gasteiger partial charge in [0.1, 0.15) is 18.5 Å². The lowest BCUT2D eigenvalue weighted by Crippen LogP contribution is -2.45. The van der Waals surface area contributed by atoms with Gasteiger partial charge in [0.05, 0.1) is 11.8 Å². The molecule has 0 radical (unpaired) electrons. The van der Waals surface area contributed by atoms with Crippen molar-refractivity contribution in [3.8, 4) is 0 Å². The van der Waals surface area contributed by atoms with Crippen molar-refractivity contribution in [2.75, 3.05) is 11.4 Å². The first-order valence-corrected chi connectivity index (χ1v) is 8.12. The maximum absolute atomic E-state index is 14.6. The predicted molar refractivity (Wildman–Crippen MR) is 94.8 cm³/mol.